The Balaban J connectivity index is 2.08. The van der Waals surface area contributed by atoms with E-state index >= 15 is 0 Å². The van der Waals surface area contributed by atoms with Crippen LogP contribution in [0.2, 0.25) is 0 Å². The molecule has 4 heteroatoms. The molecule has 0 radical (unpaired) electrons. The summed E-state index contributed by atoms with van der Waals surface area (Å²) >= 11 is 2.27. The first-order valence-electron chi connectivity index (χ1n) is 6.79. The van der Waals surface area contributed by atoms with Crippen LogP contribution >= 0.6 is 22.6 Å². The number of benzene rings is 1. The van der Waals surface area contributed by atoms with E-state index in [9.17, 15) is 4.79 Å². The molecule has 104 valence electrons. The molecule has 3 nitrogen and oxygen atoms in total. The Morgan fingerprint density at radius 2 is 2.32 bits per heavy atom. The number of ether oxygens (including phenoxy) is 1. The summed E-state index contributed by atoms with van der Waals surface area (Å²) in [6.07, 6.45) is 2.39. The molecule has 0 aliphatic carbocycles. The van der Waals surface area contributed by atoms with Crippen LogP contribution in [0.15, 0.2) is 18.2 Å². The molecule has 0 spiro atoms. The molecule has 1 heterocycles. The molecule has 0 bridgehead atoms. The highest BCUT2D eigenvalue weighted by molar-refractivity contribution is 14.1. The van der Waals surface area contributed by atoms with Crippen LogP contribution in [0.5, 0.6) is 0 Å². The van der Waals surface area contributed by atoms with Crippen molar-refractivity contribution in [1.82, 2.24) is 4.90 Å². The maximum absolute atomic E-state index is 12.5. The second kappa shape index (κ2) is 6.70. The van der Waals surface area contributed by atoms with Gasteiger partial charge in [0.2, 0.25) is 0 Å². The van der Waals surface area contributed by atoms with Crippen molar-refractivity contribution in [1.29, 1.82) is 0 Å². The molecule has 1 aromatic carbocycles. The third-order valence-electron chi connectivity index (χ3n) is 3.54. The van der Waals surface area contributed by atoms with Gasteiger partial charge in [0.25, 0.3) is 5.91 Å². The third-order valence-corrected chi connectivity index (χ3v) is 4.70. The molecule has 19 heavy (non-hydrogen) atoms. The van der Waals surface area contributed by atoms with E-state index in [1.807, 2.05) is 30.0 Å². The minimum Gasteiger partial charge on any atom is -0.376 e. The Labute approximate surface area is 128 Å². The van der Waals surface area contributed by atoms with E-state index < -0.39 is 0 Å². The zero-order chi connectivity index (χ0) is 13.8. The SMILES string of the molecule is CCN(CC1CCCO1)C(=O)c1ccc(C)c(I)c1. The number of aryl methyl sites for hydroxylation is 1. The lowest BCUT2D eigenvalue weighted by Gasteiger charge is -2.24. The maximum atomic E-state index is 12.5. The molecule has 1 saturated heterocycles. The summed E-state index contributed by atoms with van der Waals surface area (Å²) in [5, 5.41) is 0. The average Bonchev–Trinajstić information content (AvgIpc) is 2.91. The summed E-state index contributed by atoms with van der Waals surface area (Å²) in [6, 6.07) is 5.89. The van der Waals surface area contributed by atoms with E-state index in [1.54, 1.807) is 0 Å². The highest BCUT2D eigenvalue weighted by Gasteiger charge is 2.22. The number of nitrogens with zero attached hydrogens (tertiary/aromatic N) is 1. The molecule has 0 aromatic heterocycles. The van der Waals surface area contributed by atoms with Crippen molar-refractivity contribution in [2.24, 2.45) is 0 Å². The van der Waals surface area contributed by atoms with Crippen molar-refractivity contribution in [2.45, 2.75) is 32.8 Å². The Hall–Kier alpha value is -0.620. The summed E-state index contributed by atoms with van der Waals surface area (Å²) < 4.78 is 6.75. The van der Waals surface area contributed by atoms with Crippen LogP contribution in [0.25, 0.3) is 0 Å². The lowest BCUT2D eigenvalue weighted by molar-refractivity contribution is 0.0539. The van der Waals surface area contributed by atoms with Gasteiger partial charge < -0.3 is 9.64 Å². The van der Waals surface area contributed by atoms with Crippen molar-refractivity contribution in [3.63, 3.8) is 0 Å². The van der Waals surface area contributed by atoms with Crippen molar-refractivity contribution < 1.29 is 9.53 Å². The highest BCUT2D eigenvalue weighted by atomic mass is 127. The van der Waals surface area contributed by atoms with Crippen molar-refractivity contribution in [3.05, 3.63) is 32.9 Å². The largest absolute Gasteiger partial charge is 0.376 e. The first-order chi connectivity index (χ1) is 9.11. The molecule has 1 aliphatic heterocycles. The standard InChI is InChI=1S/C15H20INO2/c1-3-17(10-13-5-4-8-19-13)15(18)12-7-6-11(2)14(16)9-12/h6-7,9,13H,3-5,8,10H2,1-2H3. The number of carbonyl (C=O) groups is 1. The van der Waals surface area contributed by atoms with Crippen LogP contribution in [0.1, 0.15) is 35.7 Å². The molecule has 1 unspecified atom stereocenters. The first kappa shape index (κ1) is 14.8. The molecule has 2 rings (SSSR count). The minimum absolute atomic E-state index is 0.107. The van der Waals surface area contributed by atoms with E-state index in [4.69, 9.17) is 4.74 Å². The van der Waals surface area contributed by atoms with Gasteiger partial charge in [-0.05, 0) is 67.0 Å². The number of amides is 1. The molecule has 1 atom stereocenters. The zero-order valence-electron chi connectivity index (χ0n) is 11.5. The van der Waals surface area contributed by atoms with Crippen molar-refractivity contribution >= 4 is 28.5 Å². The lowest BCUT2D eigenvalue weighted by Crippen LogP contribution is -2.37. The maximum Gasteiger partial charge on any atom is 0.253 e. The van der Waals surface area contributed by atoms with E-state index in [0.717, 1.165) is 35.1 Å². The van der Waals surface area contributed by atoms with Crippen LogP contribution in [-0.2, 0) is 4.74 Å². The zero-order valence-corrected chi connectivity index (χ0v) is 13.6. The van der Waals surface area contributed by atoms with Crippen LogP contribution < -0.4 is 0 Å². The van der Waals surface area contributed by atoms with Crippen LogP contribution in [0, 0.1) is 10.5 Å². The number of likely N-dealkylation sites (N-methyl/N-ethyl adjacent to an activating group) is 1. The van der Waals surface area contributed by atoms with Crippen LogP contribution in [0.4, 0.5) is 0 Å². The Bertz CT molecular complexity index is 455. The van der Waals surface area contributed by atoms with Crippen LogP contribution in [-0.4, -0.2) is 36.6 Å². The van der Waals surface area contributed by atoms with Gasteiger partial charge in [-0.3, -0.25) is 4.79 Å². The normalized spacial score (nSPS) is 18.6. The number of hydrogen-bond donors (Lipinski definition) is 0. The van der Waals surface area contributed by atoms with Gasteiger partial charge in [-0.25, -0.2) is 0 Å². The monoisotopic (exact) mass is 373 g/mol. The molecular formula is C15H20INO2. The molecule has 1 amide bonds. The topological polar surface area (TPSA) is 29.5 Å². The average molecular weight is 373 g/mol. The van der Waals surface area contributed by atoms with Gasteiger partial charge in [0.15, 0.2) is 0 Å². The predicted molar refractivity (Wildman–Crippen MR) is 84.4 cm³/mol. The first-order valence-corrected chi connectivity index (χ1v) is 7.86. The Morgan fingerprint density at radius 1 is 1.53 bits per heavy atom. The van der Waals surface area contributed by atoms with Gasteiger partial charge in [-0.15, -0.1) is 0 Å². The van der Waals surface area contributed by atoms with E-state index in [1.165, 1.54) is 5.56 Å². The van der Waals surface area contributed by atoms with Crippen molar-refractivity contribution in [3.8, 4) is 0 Å². The molecule has 0 saturated carbocycles. The Morgan fingerprint density at radius 3 is 2.89 bits per heavy atom. The highest BCUT2D eigenvalue weighted by Crippen LogP contribution is 2.17. The third kappa shape index (κ3) is 3.69. The summed E-state index contributed by atoms with van der Waals surface area (Å²) in [5.41, 5.74) is 1.98. The number of carbonyl (C=O) groups excluding carboxylic acids is 1. The van der Waals surface area contributed by atoms with Gasteiger partial charge in [-0.2, -0.15) is 0 Å². The fraction of sp³-hybridized carbons (Fsp3) is 0.533. The van der Waals surface area contributed by atoms with Crippen LogP contribution in [0.3, 0.4) is 0 Å². The quantitative estimate of drug-likeness (QED) is 0.759. The fourth-order valence-electron chi connectivity index (χ4n) is 2.30. The summed E-state index contributed by atoms with van der Waals surface area (Å²) in [6.45, 7) is 6.34. The second-order valence-electron chi connectivity index (χ2n) is 4.94. The molecular weight excluding hydrogens is 353 g/mol. The van der Waals surface area contributed by atoms with Gasteiger partial charge in [0.1, 0.15) is 0 Å². The van der Waals surface area contributed by atoms with Gasteiger partial charge in [0, 0.05) is 28.8 Å². The smallest absolute Gasteiger partial charge is 0.253 e. The number of hydrogen-bond acceptors (Lipinski definition) is 2. The predicted octanol–water partition coefficient (Wildman–Crippen LogP) is 3.24. The molecule has 0 N–H and O–H groups in total. The summed E-state index contributed by atoms with van der Waals surface area (Å²) in [7, 11) is 0. The molecule has 1 aromatic rings. The number of halogens is 1. The van der Waals surface area contributed by atoms with E-state index in [0.29, 0.717) is 6.54 Å². The van der Waals surface area contributed by atoms with Crippen molar-refractivity contribution in [2.75, 3.05) is 19.7 Å². The van der Waals surface area contributed by atoms with E-state index in [2.05, 4.69) is 29.5 Å². The summed E-state index contributed by atoms with van der Waals surface area (Å²) in [5.74, 6) is 0.107. The summed E-state index contributed by atoms with van der Waals surface area (Å²) in [4.78, 5) is 14.4. The Kier molecular flexibility index (Phi) is 5.21. The fourth-order valence-corrected chi connectivity index (χ4v) is 2.81. The molecule has 1 aliphatic rings. The lowest BCUT2D eigenvalue weighted by atomic mass is 10.1. The molecule has 1 fully saturated rings. The number of rotatable bonds is 4. The van der Waals surface area contributed by atoms with E-state index in [-0.39, 0.29) is 12.0 Å². The van der Waals surface area contributed by atoms with Gasteiger partial charge in [-0.1, -0.05) is 6.07 Å². The second-order valence-corrected chi connectivity index (χ2v) is 6.10. The van der Waals surface area contributed by atoms with Gasteiger partial charge >= 0.3 is 0 Å². The minimum atomic E-state index is 0.107. The van der Waals surface area contributed by atoms with Gasteiger partial charge in [0.05, 0.1) is 6.10 Å².